The summed E-state index contributed by atoms with van der Waals surface area (Å²) in [7, 11) is 0. The van der Waals surface area contributed by atoms with Gasteiger partial charge in [0.25, 0.3) is 0 Å². The van der Waals surface area contributed by atoms with E-state index in [4.69, 9.17) is 0 Å². The molecule has 4 aromatic carbocycles. The molecule has 0 aliphatic rings. The molecule has 0 spiro atoms. The molecule has 0 atom stereocenters. The van der Waals surface area contributed by atoms with Gasteiger partial charge < -0.3 is 10.2 Å². The first-order valence-corrected chi connectivity index (χ1v) is 9.15. The van der Waals surface area contributed by atoms with Crippen LogP contribution >= 0.6 is 0 Å². The Morgan fingerprint density at radius 1 is 0.586 bits per heavy atom. The molecule has 0 aliphatic carbocycles. The first-order chi connectivity index (χ1) is 13.7. The fourth-order valence-corrected chi connectivity index (χ4v) is 3.27. The van der Waals surface area contributed by atoms with E-state index in [1.807, 2.05) is 60.7 Å². The van der Waals surface area contributed by atoms with Gasteiger partial charge in [-0.05, 0) is 33.7 Å². The molecule has 29 heavy (non-hydrogen) atoms. The summed E-state index contributed by atoms with van der Waals surface area (Å²) < 4.78 is 0. The van der Waals surface area contributed by atoms with Gasteiger partial charge in [-0.2, -0.15) is 0 Å². The molecule has 149 valence electrons. The van der Waals surface area contributed by atoms with Crippen LogP contribution < -0.4 is 0 Å². The van der Waals surface area contributed by atoms with Crippen LogP contribution in [-0.2, 0) is 17.1 Å². The molecular formula is C24H20CuN2O2. The number of benzene rings is 4. The maximum atomic E-state index is 10.1. The first-order valence-electron chi connectivity index (χ1n) is 9.15. The molecule has 0 aliphatic heterocycles. The van der Waals surface area contributed by atoms with Crippen molar-refractivity contribution in [2.75, 3.05) is 13.1 Å². The maximum Gasteiger partial charge on any atom is 0.124 e. The van der Waals surface area contributed by atoms with Gasteiger partial charge in [0.1, 0.15) is 11.5 Å². The molecule has 0 saturated carbocycles. The number of aliphatic imine (C=N–C) groups is 2. The molecule has 4 nitrogen and oxygen atoms in total. The number of hydrogen-bond acceptors (Lipinski definition) is 4. The maximum absolute atomic E-state index is 10.1. The Morgan fingerprint density at radius 2 is 1.00 bits per heavy atom. The van der Waals surface area contributed by atoms with Crippen molar-refractivity contribution in [1.29, 1.82) is 0 Å². The van der Waals surface area contributed by atoms with E-state index in [1.54, 1.807) is 24.6 Å². The minimum atomic E-state index is 0. The van der Waals surface area contributed by atoms with Crippen molar-refractivity contribution in [3.8, 4) is 11.5 Å². The third-order valence-electron chi connectivity index (χ3n) is 4.69. The van der Waals surface area contributed by atoms with Gasteiger partial charge in [-0.3, -0.25) is 9.98 Å². The van der Waals surface area contributed by atoms with Crippen LogP contribution in [0.2, 0.25) is 0 Å². The van der Waals surface area contributed by atoms with E-state index in [1.165, 1.54) is 0 Å². The summed E-state index contributed by atoms with van der Waals surface area (Å²) in [5.41, 5.74) is 1.43. The molecule has 0 amide bonds. The van der Waals surface area contributed by atoms with Crippen LogP contribution in [0.4, 0.5) is 0 Å². The molecule has 0 fully saturated rings. The van der Waals surface area contributed by atoms with E-state index in [0.29, 0.717) is 24.2 Å². The molecule has 0 unspecified atom stereocenters. The van der Waals surface area contributed by atoms with Crippen molar-refractivity contribution in [2.24, 2.45) is 9.98 Å². The van der Waals surface area contributed by atoms with Gasteiger partial charge in [0, 0.05) is 40.6 Å². The third-order valence-corrected chi connectivity index (χ3v) is 4.69. The molecule has 0 bridgehead atoms. The van der Waals surface area contributed by atoms with Crippen molar-refractivity contribution in [2.45, 2.75) is 0 Å². The predicted molar refractivity (Wildman–Crippen MR) is 116 cm³/mol. The van der Waals surface area contributed by atoms with Gasteiger partial charge >= 0.3 is 0 Å². The van der Waals surface area contributed by atoms with Crippen molar-refractivity contribution in [3.05, 3.63) is 83.9 Å². The van der Waals surface area contributed by atoms with Crippen LogP contribution in [0.3, 0.4) is 0 Å². The van der Waals surface area contributed by atoms with Gasteiger partial charge in [0.2, 0.25) is 0 Å². The first kappa shape index (κ1) is 20.6. The second kappa shape index (κ2) is 9.37. The number of fused-ring (bicyclic) bond motifs is 2. The van der Waals surface area contributed by atoms with E-state index in [0.717, 1.165) is 21.5 Å². The standard InChI is InChI=1S/C24H20N2O2.Cu/c27-23-11-9-17-5-1-3-7-19(17)21(23)15-25-13-14-26-16-22-20-8-4-2-6-18(20)10-12-24(22)28;/h1-12,15-16,27-28H,13-14H2;. The zero-order chi connectivity index (χ0) is 19.3. The molecule has 5 heteroatoms. The van der Waals surface area contributed by atoms with Crippen LogP contribution in [0.15, 0.2) is 82.8 Å². The fraction of sp³-hybridized carbons (Fsp3) is 0.0833. The smallest absolute Gasteiger partial charge is 0.124 e. The van der Waals surface area contributed by atoms with Crippen molar-refractivity contribution >= 4 is 34.0 Å². The van der Waals surface area contributed by atoms with Crippen LogP contribution in [0, 0.1) is 0 Å². The Kier molecular flexibility index (Phi) is 6.65. The van der Waals surface area contributed by atoms with Crippen LogP contribution in [0.5, 0.6) is 11.5 Å². The Labute approximate surface area is 179 Å². The van der Waals surface area contributed by atoms with Gasteiger partial charge in [-0.15, -0.1) is 0 Å². The number of aromatic hydroxyl groups is 2. The van der Waals surface area contributed by atoms with E-state index < -0.39 is 0 Å². The second-order valence-electron chi connectivity index (χ2n) is 6.51. The van der Waals surface area contributed by atoms with Crippen LogP contribution in [0.1, 0.15) is 11.1 Å². The average Bonchev–Trinajstić information content (AvgIpc) is 2.73. The monoisotopic (exact) mass is 431 g/mol. The summed E-state index contributed by atoms with van der Waals surface area (Å²) in [4.78, 5) is 8.81. The summed E-state index contributed by atoms with van der Waals surface area (Å²) >= 11 is 0. The van der Waals surface area contributed by atoms with E-state index in [9.17, 15) is 10.2 Å². The summed E-state index contributed by atoms with van der Waals surface area (Å²) in [5.74, 6) is 0.429. The number of phenolic OH excluding ortho intramolecular Hbond substituents is 2. The van der Waals surface area contributed by atoms with Gasteiger partial charge in [0.15, 0.2) is 0 Å². The zero-order valence-corrected chi connectivity index (χ0v) is 16.5. The van der Waals surface area contributed by atoms with Crippen molar-refractivity contribution < 1.29 is 27.3 Å². The quantitative estimate of drug-likeness (QED) is 0.267. The average molecular weight is 432 g/mol. The second-order valence-corrected chi connectivity index (χ2v) is 6.51. The molecule has 4 aromatic rings. The SMILES string of the molecule is Oc1ccc2ccccc2c1C=NCCN=Cc1c(O)ccc2ccccc12.[Cu]. The molecule has 2 N–H and O–H groups in total. The third kappa shape index (κ3) is 4.48. The van der Waals surface area contributed by atoms with Crippen LogP contribution in [-0.4, -0.2) is 35.7 Å². The Hall–Kier alpha value is -3.14. The summed E-state index contributed by atoms with van der Waals surface area (Å²) in [6, 6.07) is 22.9. The Balaban J connectivity index is 0.00000240. The van der Waals surface area contributed by atoms with E-state index in [2.05, 4.69) is 9.98 Å². The Bertz CT molecular complexity index is 1110. The summed E-state index contributed by atoms with van der Waals surface area (Å²) in [5, 5.41) is 24.3. The predicted octanol–water partition coefficient (Wildman–Crippen LogP) is 4.94. The topological polar surface area (TPSA) is 65.2 Å². The molecule has 0 saturated heterocycles. The van der Waals surface area contributed by atoms with E-state index in [-0.39, 0.29) is 28.6 Å². The van der Waals surface area contributed by atoms with Gasteiger partial charge in [-0.1, -0.05) is 60.7 Å². The minimum Gasteiger partial charge on any atom is -0.507 e. The molecule has 4 rings (SSSR count). The largest absolute Gasteiger partial charge is 0.507 e. The summed E-state index contributed by atoms with van der Waals surface area (Å²) in [6.07, 6.45) is 3.39. The minimum absolute atomic E-state index is 0. The molecule has 0 heterocycles. The number of rotatable bonds is 5. The molecular weight excluding hydrogens is 412 g/mol. The molecule has 1 radical (unpaired) electrons. The number of nitrogens with zero attached hydrogens (tertiary/aromatic N) is 2. The van der Waals surface area contributed by atoms with Crippen molar-refractivity contribution in [3.63, 3.8) is 0 Å². The van der Waals surface area contributed by atoms with Crippen molar-refractivity contribution in [1.82, 2.24) is 0 Å². The van der Waals surface area contributed by atoms with Gasteiger partial charge in [0.05, 0.1) is 13.1 Å². The van der Waals surface area contributed by atoms with Crippen LogP contribution in [0.25, 0.3) is 21.5 Å². The van der Waals surface area contributed by atoms with Gasteiger partial charge in [-0.25, -0.2) is 0 Å². The Morgan fingerprint density at radius 3 is 1.45 bits per heavy atom. The fourth-order valence-electron chi connectivity index (χ4n) is 3.27. The van der Waals surface area contributed by atoms with E-state index >= 15 is 0 Å². The number of hydrogen-bond donors (Lipinski definition) is 2. The normalized spacial score (nSPS) is 11.4. The zero-order valence-electron chi connectivity index (χ0n) is 15.6. The summed E-state index contributed by atoms with van der Waals surface area (Å²) in [6.45, 7) is 0.982. The number of phenols is 2. The molecule has 0 aromatic heterocycles.